The highest BCUT2D eigenvalue weighted by Gasteiger charge is 2.25. The zero-order chi connectivity index (χ0) is 15.2. The maximum absolute atomic E-state index is 6.31. The van der Waals surface area contributed by atoms with Crippen LogP contribution < -0.4 is 10.1 Å². The molecule has 2 unspecified atom stereocenters. The van der Waals surface area contributed by atoms with Crippen molar-refractivity contribution in [1.29, 1.82) is 0 Å². The van der Waals surface area contributed by atoms with Gasteiger partial charge in [-0.25, -0.2) is 0 Å². The van der Waals surface area contributed by atoms with Gasteiger partial charge in [-0.2, -0.15) is 0 Å². The average molecular weight is 310 g/mol. The minimum absolute atomic E-state index is 0.342. The molecule has 2 atom stereocenters. The van der Waals surface area contributed by atoms with Crippen LogP contribution in [-0.2, 0) is 6.54 Å². The van der Waals surface area contributed by atoms with Crippen LogP contribution in [0.2, 0.25) is 5.02 Å². The topological polar surface area (TPSA) is 21.3 Å². The third-order valence-electron chi connectivity index (χ3n) is 4.19. The lowest BCUT2D eigenvalue weighted by Crippen LogP contribution is -2.29. The Morgan fingerprint density at radius 1 is 1.19 bits per heavy atom. The van der Waals surface area contributed by atoms with E-state index in [-0.39, 0.29) is 0 Å². The Kier molecular flexibility index (Phi) is 6.38. The molecule has 0 amide bonds. The van der Waals surface area contributed by atoms with Gasteiger partial charge in [0, 0.05) is 17.1 Å². The van der Waals surface area contributed by atoms with Crippen LogP contribution in [0.15, 0.2) is 18.2 Å². The van der Waals surface area contributed by atoms with E-state index in [1.165, 1.54) is 12.0 Å². The molecule has 0 heterocycles. The van der Waals surface area contributed by atoms with Crippen LogP contribution in [0.1, 0.15) is 52.0 Å². The number of hydrogen-bond donors (Lipinski definition) is 1. The summed E-state index contributed by atoms with van der Waals surface area (Å²) in [6.07, 6.45) is 5.12. The standard InChI is InChI=1S/C18H28ClNO/c1-4-7-20-12-15-11-16(19)5-6-18(15)21-17-9-13(2)8-14(3)10-17/h5-6,11,13-14,17,20H,4,7-10,12H2,1-3H3. The van der Waals surface area contributed by atoms with Crippen molar-refractivity contribution in [3.05, 3.63) is 28.8 Å². The summed E-state index contributed by atoms with van der Waals surface area (Å²) < 4.78 is 6.31. The molecule has 0 aromatic heterocycles. The normalized spacial score (nSPS) is 25.8. The van der Waals surface area contributed by atoms with Crippen molar-refractivity contribution in [1.82, 2.24) is 5.32 Å². The van der Waals surface area contributed by atoms with Crippen molar-refractivity contribution in [2.75, 3.05) is 6.54 Å². The number of hydrogen-bond acceptors (Lipinski definition) is 2. The lowest BCUT2D eigenvalue weighted by Gasteiger charge is -2.32. The van der Waals surface area contributed by atoms with E-state index in [9.17, 15) is 0 Å². The van der Waals surface area contributed by atoms with Crippen LogP contribution >= 0.6 is 11.6 Å². The molecule has 1 aliphatic carbocycles. The Labute approximate surface area is 134 Å². The molecule has 2 rings (SSSR count). The van der Waals surface area contributed by atoms with Crippen molar-refractivity contribution in [2.24, 2.45) is 11.8 Å². The van der Waals surface area contributed by atoms with E-state index in [1.54, 1.807) is 0 Å². The van der Waals surface area contributed by atoms with Crippen molar-refractivity contribution >= 4 is 11.6 Å². The lowest BCUT2D eigenvalue weighted by molar-refractivity contribution is 0.0999. The second-order valence-electron chi connectivity index (χ2n) is 6.59. The van der Waals surface area contributed by atoms with Gasteiger partial charge in [-0.3, -0.25) is 0 Å². The van der Waals surface area contributed by atoms with Gasteiger partial charge in [0.25, 0.3) is 0 Å². The van der Waals surface area contributed by atoms with Crippen LogP contribution in [0.3, 0.4) is 0 Å². The van der Waals surface area contributed by atoms with E-state index in [0.717, 1.165) is 55.0 Å². The predicted molar refractivity (Wildman–Crippen MR) is 90.0 cm³/mol. The van der Waals surface area contributed by atoms with Crippen molar-refractivity contribution in [3.8, 4) is 5.75 Å². The molecule has 1 fully saturated rings. The van der Waals surface area contributed by atoms with Gasteiger partial charge in [0.2, 0.25) is 0 Å². The quantitative estimate of drug-likeness (QED) is 0.743. The summed E-state index contributed by atoms with van der Waals surface area (Å²) in [5.74, 6) is 2.51. The second-order valence-corrected chi connectivity index (χ2v) is 7.02. The summed E-state index contributed by atoms with van der Waals surface area (Å²) in [5.41, 5.74) is 1.17. The summed E-state index contributed by atoms with van der Waals surface area (Å²) in [4.78, 5) is 0. The first-order valence-corrected chi connectivity index (χ1v) is 8.62. The fraction of sp³-hybridized carbons (Fsp3) is 0.667. The van der Waals surface area contributed by atoms with E-state index in [1.807, 2.05) is 18.2 Å². The van der Waals surface area contributed by atoms with Crippen molar-refractivity contribution < 1.29 is 4.74 Å². The van der Waals surface area contributed by atoms with E-state index in [4.69, 9.17) is 16.3 Å². The molecule has 1 N–H and O–H groups in total. The number of nitrogens with one attached hydrogen (secondary N) is 1. The smallest absolute Gasteiger partial charge is 0.124 e. The van der Waals surface area contributed by atoms with Crippen molar-refractivity contribution in [3.63, 3.8) is 0 Å². The Bertz CT molecular complexity index is 439. The molecule has 1 aliphatic rings. The Balaban J connectivity index is 2.04. The van der Waals surface area contributed by atoms with E-state index < -0.39 is 0 Å². The number of rotatable bonds is 6. The Morgan fingerprint density at radius 2 is 1.90 bits per heavy atom. The first kappa shape index (κ1) is 16.6. The maximum Gasteiger partial charge on any atom is 0.124 e. The second kappa shape index (κ2) is 8.05. The zero-order valence-electron chi connectivity index (χ0n) is 13.5. The van der Waals surface area contributed by atoms with E-state index in [2.05, 4.69) is 26.1 Å². The molecule has 1 saturated carbocycles. The Morgan fingerprint density at radius 3 is 2.57 bits per heavy atom. The summed E-state index contributed by atoms with van der Waals surface area (Å²) in [6, 6.07) is 5.97. The highest BCUT2D eigenvalue weighted by molar-refractivity contribution is 6.30. The fourth-order valence-corrected chi connectivity index (χ4v) is 3.54. The van der Waals surface area contributed by atoms with E-state index in [0.29, 0.717) is 6.10 Å². The van der Waals surface area contributed by atoms with Gasteiger partial charge < -0.3 is 10.1 Å². The molecule has 0 saturated heterocycles. The average Bonchev–Trinajstić information content (AvgIpc) is 2.41. The molecule has 1 aromatic carbocycles. The van der Waals surface area contributed by atoms with Gasteiger partial charge in [0.15, 0.2) is 0 Å². The molecule has 21 heavy (non-hydrogen) atoms. The monoisotopic (exact) mass is 309 g/mol. The summed E-state index contributed by atoms with van der Waals surface area (Å²) in [5, 5.41) is 4.21. The van der Waals surface area contributed by atoms with Crippen LogP contribution in [-0.4, -0.2) is 12.6 Å². The molecule has 3 heteroatoms. The van der Waals surface area contributed by atoms with Crippen molar-refractivity contribution in [2.45, 2.75) is 59.1 Å². The highest BCUT2D eigenvalue weighted by atomic mass is 35.5. The Hall–Kier alpha value is -0.730. The van der Waals surface area contributed by atoms with Crippen LogP contribution in [0.25, 0.3) is 0 Å². The SMILES string of the molecule is CCCNCc1cc(Cl)ccc1OC1CC(C)CC(C)C1. The molecular weight excluding hydrogens is 282 g/mol. The molecule has 0 spiro atoms. The molecule has 0 aliphatic heterocycles. The lowest BCUT2D eigenvalue weighted by atomic mass is 9.82. The molecule has 118 valence electrons. The molecule has 0 radical (unpaired) electrons. The third kappa shape index (κ3) is 5.19. The largest absolute Gasteiger partial charge is 0.490 e. The van der Waals surface area contributed by atoms with Gasteiger partial charge in [0.05, 0.1) is 6.10 Å². The molecular formula is C18H28ClNO. The van der Waals surface area contributed by atoms with Crippen LogP contribution in [0.5, 0.6) is 5.75 Å². The molecule has 0 bridgehead atoms. The van der Waals surface area contributed by atoms with Gasteiger partial charge in [-0.1, -0.05) is 32.4 Å². The first-order valence-electron chi connectivity index (χ1n) is 8.24. The van der Waals surface area contributed by atoms with Gasteiger partial charge in [-0.15, -0.1) is 0 Å². The first-order chi connectivity index (χ1) is 10.1. The zero-order valence-corrected chi connectivity index (χ0v) is 14.2. The van der Waals surface area contributed by atoms with Gasteiger partial charge in [-0.05, 0) is 62.3 Å². The fourth-order valence-electron chi connectivity index (χ4n) is 3.35. The van der Waals surface area contributed by atoms with Crippen LogP contribution in [0.4, 0.5) is 0 Å². The predicted octanol–water partition coefficient (Wildman–Crippen LogP) is 5.04. The summed E-state index contributed by atoms with van der Waals surface area (Å²) >= 11 is 6.14. The molecule has 2 nitrogen and oxygen atoms in total. The third-order valence-corrected chi connectivity index (χ3v) is 4.43. The molecule has 1 aromatic rings. The van der Waals surface area contributed by atoms with Gasteiger partial charge >= 0.3 is 0 Å². The maximum atomic E-state index is 6.31. The minimum atomic E-state index is 0.342. The number of ether oxygens (including phenoxy) is 1. The number of halogens is 1. The highest BCUT2D eigenvalue weighted by Crippen LogP contribution is 2.33. The number of benzene rings is 1. The van der Waals surface area contributed by atoms with E-state index >= 15 is 0 Å². The minimum Gasteiger partial charge on any atom is -0.490 e. The summed E-state index contributed by atoms with van der Waals surface area (Å²) in [6.45, 7) is 8.67. The van der Waals surface area contributed by atoms with Gasteiger partial charge in [0.1, 0.15) is 5.75 Å². The van der Waals surface area contributed by atoms with Crippen LogP contribution in [0, 0.1) is 11.8 Å². The summed E-state index contributed by atoms with van der Waals surface area (Å²) in [7, 11) is 0.